The highest BCUT2D eigenvalue weighted by Crippen LogP contribution is 2.35. The Morgan fingerprint density at radius 2 is 1.81 bits per heavy atom. The molecule has 0 radical (unpaired) electrons. The summed E-state index contributed by atoms with van der Waals surface area (Å²) in [5.74, 6) is 0. The van der Waals surface area contributed by atoms with Crippen LogP contribution in [0.3, 0.4) is 0 Å². The van der Waals surface area contributed by atoms with Crippen molar-refractivity contribution in [2.24, 2.45) is 0 Å². The van der Waals surface area contributed by atoms with Gasteiger partial charge in [-0.3, -0.25) is 0 Å². The molecular weight excluding hydrogens is 366 g/mol. The van der Waals surface area contributed by atoms with Crippen molar-refractivity contribution in [1.29, 1.82) is 0 Å². The van der Waals surface area contributed by atoms with Crippen molar-refractivity contribution in [2.75, 3.05) is 5.32 Å². The maximum absolute atomic E-state index is 12.5. The number of halogens is 1. The Balaban J connectivity index is 1.81. The van der Waals surface area contributed by atoms with Crippen LogP contribution in [-0.4, -0.2) is 10.6 Å². The molecule has 0 fully saturated rings. The van der Waals surface area contributed by atoms with Crippen LogP contribution in [0, 0.1) is 20.8 Å². The van der Waals surface area contributed by atoms with E-state index < -0.39 is 0 Å². The van der Waals surface area contributed by atoms with E-state index in [1.165, 1.54) is 10.4 Å². The van der Waals surface area contributed by atoms with Gasteiger partial charge in [-0.25, -0.2) is 4.79 Å². The minimum Gasteiger partial charge on any atom is -0.331 e. The van der Waals surface area contributed by atoms with Gasteiger partial charge >= 0.3 is 6.03 Å². The van der Waals surface area contributed by atoms with Gasteiger partial charge in [-0.05, 0) is 63.1 Å². The fraction of sp³-hybridized carbons (Fsp3) is 0.250. The number of thiophene rings is 1. The molecular formula is C20H22ClN3OS. The molecule has 1 atom stereocenters. The molecule has 0 aliphatic heterocycles. The van der Waals surface area contributed by atoms with Crippen LogP contribution >= 0.6 is 22.9 Å². The zero-order valence-corrected chi connectivity index (χ0v) is 16.8. The number of aryl methyl sites for hydroxylation is 1. The van der Waals surface area contributed by atoms with E-state index in [1.807, 2.05) is 56.6 Å². The Bertz CT molecular complexity index is 931. The highest BCUT2D eigenvalue weighted by Gasteiger charge is 2.21. The highest BCUT2D eigenvalue weighted by atomic mass is 35.5. The van der Waals surface area contributed by atoms with Crippen molar-refractivity contribution < 1.29 is 4.79 Å². The molecule has 0 spiro atoms. The molecule has 3 aromatic rings. The topological polar surface area (TPSA) is 46.1 Å². The first-order chi connectivity index (χ1) is 12.4. The lowest BCUT2D eigenvalue weighted by Gasteiger charge is -2.18. The summed E-state index contributed by atoms with van der Waals surface area (Å²) < 4.78 is 2.09. The van der Waals surface area contributed by atoms with Gasteiger partial charge in [0, 0.05) is 33.5 Å². The zero-order chi connectivity index (χ0) is 18.8. The van der Waals surface area contributed by atoms with E-state index in [0.29, 0.717) is 10.7 Å². The molecule has 0 aliphatic rings. The molecule has 0 saturated heterocycles. The predicted octanol–water partition coefficient (Wildman–Crippen LogP) is 6.00. The minimum absolute atomic E-state index is 0.128. The number of anilines is 1. The largest absolute Gasteiger partial charge is 0.331 e. The van der Waals surface area contributed by atoms with E-state index in [9.17, 15) is 4.79 Å². The summed E-state index contributed by atoms with van der Waals surface area (Å²) in [5, 5.41) is 7.71. The van der Waals surface area contributed by atoms with E-state index in [-0.39, 0.29) is 12.1 Å². The number of nitrogens with one attached hydrogen (secondary N) is 2. The molecule has 136 valence electrons. The number of nitrogens with zero attached hydrogens (tertiary/aromatic N) is 1. The molecule has 2 heterocycles. The normalized spacial score (nSPS) is 12.0. The first kappa shape index (κ1) is 18.5. The van der Waals surface area contributed by atoms with Gasteiger partial charge in [0.2, 0.25) is 0 Å². The number of aromatic nitrogens is 1. The summed E-state index contributed by atoms with van der Waals surface area (Å²) in [7, 11) is 0. The first-order valence-corrected chi connectivity index (χ1v) is 9.63. The van der Waals surface area contributed by atoms with Crippen LogP contribution in [0.5, 0.6) is 0 Å². The fourth-order valence-corrected chi connectivity index (χ4v) is 4.36. The predicted molar refractivity (Wildman–Crippen MR) is 110 cm³/mol. The number of carbonyl (C=O) groups excluding carboxylic acids is 1. The molecule has 2 aromatic heterocycles. The second-order valence-corrected chi connectivity index (χ2v) is 7.94. The lowest BCUT2D eigenvalue weighted by molar-refractivity contribution is 0.249. The minimum atomic E-state index is -0.246. The van der Waals surface area contributed by atoms with E-state index in [1.54, 1.807) is 11.3 Å². The number of urea groups is 1. The van der Waals surface area contributed by atoms with Crippen LogP contribution in [0.2, 0.25) is 5.02 Å². The number of carbonyl (C=O) groups is 1. The molecule has 3 rings (SSSR count). The summed E-state index contributed by atoms with van der Waals surface area (Å²) in [5.41, 5.74) is 3.92. The standard InChI is InChI=1S/C20H22ClN3OS/c1-12-15(4)26-19(24-10-5-6-11-24)18(12)14(3)22-20(25)23-17-9-7-8-16(21)13(17)2/h5-11,14H,1-4H3,(H2,22,23,25)/t14-/m1/s1. The number of hydrogen-bond donors (Lipinski definition) is 2. The van der Waals surface area contributed by atoms with E-state index in [2.05, 4.69) is 29.0 Å². The molecule has 2 amide bonds. The Labute approximate surface area is 162 Å². The highest BCUT2D eigenvalue weighted by molar-refractivity contribution is 7.14. The Morgan fingerprint density at radius 3 is 2.50 bits per heavy atom. The van der Waals surface area contributed by atoms with Gasteiger partial charge in [0.1, 0.15) is 5.00 Å². The molecule has 26 heavy (non-hydrogen) atoms. The number of hydrogen-bond acceptors (Lipinski definition) is 2. The maximum Gasteiger partial charge on any atom is 0.319 e. The summed E-state index contributed by atoms with van der Waals surface area (Å²) in [4.78, 5) is 13.8. The van der Waals surface area contributed by atoms with Crippen molar-refractivity contribution in [3.05, 3.63) is 69.3 Å². The third-order valence-electron chi connectivity index (χ3n) is 4.55. The van der Waals surface area contributed by atoms with Crippen LogP contribution in [0.4, 0.5) is 10.5 Å². The van der Waals surface area contributed by atoms with Crippen molar-refractivity contribution in [2.45, 2.75) is 33.7 Å². The Kier molecular flexibility index (Phi) is 5.39. The lowest BCUT2D eigenvalue weighted by atomic mass is 10.1. The quantitative estimate of drug-likeness (QED) is 0.566. The molecule has 0 aliphatic carbocycles. The molecule has 0 unspecified atom stereocenters. The van der Waals surface area contributed by atoms with E-state index in [4.69, 9.17) is 11.6 Å². The second-order valence-electron chi connectivity index (χ2n) is 6.32. The number of amides is 2. The average Bonchev–Trinajstić information content (AvgIpc) is 3.21. The SMILES string of the molecule is Cc1sc(-n2cccc2)c([C@@H](C)NC(=O)Nc2cccc(Cl)c2C)c1C. The molecule has 0 bridgehead atoms. The summed E-state index contributed by atoms with van der Waals surface area (Å²) in [6.07, 6.45) is 4.05. The van der Waals surface area contributed by atoms with Gasteiger partial charge in [-0.2, -0.15) is 0 Å². The van der Waals surface area contributed by atoms with Gasteiger partial charge in [0.05, 0.1) is 6.04 Å². The van der Waals surface area contributed by atoms with Crippen molar-refractivity contribution in [1.82, 2.24) is 9.88 Å². The van der Waals surface area contributed by atoms with Crippen LogP contribution in [-0.2, 0) is 0 Å². The first-order valence-electron chi connectivity index (χ1n) is 8.44. The molecule has 0 saturated carbocycles. The van der Waals surface area contributed by atoms with Crippen LogP contribution in [0.25, 0.3) is 5.00 Å². The molecule has 6 heteroatoms. The molecule has 1 aromatic carbocycles. The van der Waals surface area contributed by atoms with Crippen molar-refractivity contribution in [3.63, 3.8) is 0 Å². The van der Waals surface area contributed by atoms with E-state index in [0.717, 1.165) is 16.1 Å². The van der Waals surface area contributed by atoms with Crippen LogP contribution in [0.15, 0.2) is 42.7 Å². The van der Waals surface area contributed by atoms with Crippen molar-refractivity contribution in [3.8, 4) is 5.00 Å². The Hall–Kier alpha value is -2.24. The smallest absolute Gasteiger partial charge is 0.319 e. The van der Waals surface area contributed by atoms with Crippen LogP contribution < -0.4 is 10.6 Å². The van der Waals surface area contributed by atoms with Gasteiger partial charge in [-0.1, -0.05) is 17.7 Å². The summed E-state index contributed by atoms with van der Waals surface area (Å²) >= 11 is 7.86. The third kappa shape index (κ3) is 3.64. The van der Waals surface area contributed by atoms with Crippen LogP contribution in [0.1, 0.15) is 34.5 Å². The maximum atomic E-state index is 12.5. The number of benzene rings is 1. The monoisotopic (exact) mass is 387 g/mol. The van der Waals surface area contributed by atoms with Crippen molar-refractivity contribution >= 4 is 34.7 Å². The lowest BCUT2D eigenvalue weighted by Crippen LogP contribution is -2.32. The third-order valence-corrected chi connectivity index (χ3v) is 6.19. The van der Waals surface area contributed by atoms with Gasteiger partial charge in [-0.15, -0.1) is 11.3 Å². The van der Waals surface area contributed by atoms with Gasteiger partial charge in [0.15, 0.2) is 0 Å². The Morgan fingerprint density at radius 1 is 1.12 bits per heavy atom. The van der Waals surface area contributed by atoms with E-state index >= 15 is 0 Å². The summed E-state index contributed by atoms with van der Waals surface area (Å²) in [6.45, 7) is 8.10. The molecule has 2 N–H and O–H groups in total. The average molecular weight is 388 g/mol. The number of rotatable bonds is 4. The zero-order valence-electron chi connectivity index (χ0n) is 15.3. The second kappa shape index (κ2) is 7.56. The molecule has 4 nitrogen and oxygen atoms in total. The fourth-order valence-electron chi connectivity index (χ4n) is 2.97. The summed E-state index contributed by atoms with van der Waals surface area (Å²) in [6, 6.07) is 9.11. The van der Waals surface area contributed by atoms with Gasteiger partial charge < -0.3 is 15.2 Å². The van der Waals surface area contributed by atoms with Gasteiger partial charge in [0.25, 0.3) is 0 Å².